The summed E-state index contributed by atoms with van der Waals surface area (Å²) in [5, 5.41) is 3.45. The van der Waals surface area contributed by atoms with E-state index in [2.05, 4.69) is 12.0 Å². The highest BCUT2D eigenvalue weighted by Crippen LogP contribution is 2.27. The molecule has 82 valence electrons. The molecule has 0 aliphatic rings. The molecule has 1 aromatic rings. The lowest BCUT2D eigenvalue weighted by Crippen LogP contribution is -1.98. The second-order valence-corrected chi connectivity index (χ2v) is 3.04. The zero-order valence-corrected chi connectivity index (χ0v) is 9.06. The average Bonchev–Trinajstić information content (AvgIpc) is 2.27. The minimum atomic E-state index is 0.681. The van der Waals surface area contributed by atoms with Crippen molar-refractivity contribution in [2.24, 2.45) is 10.9 Å². The number of methoxy groups -OCH3 is 1. The van der Waals surface area contributed by atoms with E-state index in [1.54, 1.807) is 13.3 Å². The van der Waals surface area contributed by atoms with E-state index in [1.807, 2.05) is 18.2 Å². The van der Waals surface area contributed by atoms with E-state index in [0.717, 1.165) is 17.7 Å². The van der Waals surface area contributed by atoms with E-state index >= 15 is 0 Å². The molecule has 1 rings (SSSR count). The summed E-state index contributed by atoms with van der Waals surface area (Å²) >= 11 is 0. The molecule has 0 unspecified atom stereocenters. The van der Waals surface area contributed by atoms with Crippen LogP contribution in [0, 0.1) is 0 Å². The van der Waals surface area contributed by atoms with Gasteiger partial charge in [-0.15, -0.1) is 0 Å². The van der Waals surface area contributed by atoms with Crippen molar-refractivity contribution in [2.75, 3.05) is 13.7 Å². The van der Waals surface area contributed by atoms with Crippen molar-refractivity contribution in [1.29, 1.82) is 0 Å². The van der Waals surface area contributed by atoms with Gasteiger partial charge in [0.05, 0.1) is 19.9 Å². The first-order chi connectivity index (χ1) is 7.31. The Morgan fingerprint density at radius 2 is 2.20 bits per heavy atom. The number of hydrogen-bond acceptors (Lipinski definition) is 4. The van der Waals surface area contributed by atoms with E-state index in [1.165, 1.54) is 0 Å². The van der Waals surface area contributed by atoms with E-state index < -0.39 is 0 Å². The molecule has 0 fully saturated rings. The molecule has 4 heteroatoms. The third-order valence-electron chi connectivity index (χ3n) is 1.87. The molecule has 0 bridgehead atoms. The first kappa shape index (κ1) is 11.4. The fourth-order valence-corrected chi connectivity index (χ4v) is 1.18. The predicted molar refractivity (Wildman–Crippen MR) is 60.6 cm³/mol. The normalized spacial score (nSPS) is 10.5. The lowest BCUT2D eigenvalue weighted by molar-refractivity contribution is 0.294. The molecule has 0 saturated carbocycles. The van der Waals surface area contributed by atoms with Gasteiger partial charge in [-0.25, -0.2) is 0 Å². The molecular formula is C11H16N2O2. The molecule has 0 heterocycles. The maximum absolute atomic E-state index is 5.51. The molecule has 2 N–H and O–H groups in total. The second kappa shape index (κ2) is 5.90. The fraction of sp³-hybridized carbons (Fsp3) is 0.364. The average molecular weight is 208 g/mol. The Labute approximate surface area is 89.7 Å². The molecular weight excluding hydrogens is 192 g/mol. The largest absolute Gasteiger partial charge is 0.493 e. The maximum atomic E-state index is 5.51. The van der Waals surface area contributed by atoms with Gasteiger partial charge in [-0.3, -0.25) is 0 Å². The number of hydrazone groups is 1. The highest BCUT2D eigenvalue weighted by Gasteiger charge is 2.04. The summed E-state index contributed by atoms with van der Waals surface area (Å²) in [5.41, 5.74) is 0.887. The van der Waals surface area contributed by atoms with E-state index in [0.29, 0.717) is 12.4 Å². The van der Waals surface area contributed by atoms with Crippen molar-refractivity contribution in [3.63, 3.8) is 0 Å². The second-order valence-electron chi connectivity index (χ2n) is 3.04. The first-order valence-corrected chi connectivity index (χ1v) is 4.86. The van der Waals surface area contributed by atoms with Crippen LogP contribution in [0.5, 0.6) is 11.5 Å². The van der Waals surface area contributed by atoms with Gasteiger partial charge in [0.1, 0.15) is 0 Å². The highest BCUT2D eigenvalue weighted by atomic mass is 16.5. The zero-order chi connectivity index (χ0) is 11.1. The molecule has 0 saturated heterocycles. The van der Waals surface area contributed by atoms with E-state index in [4.69, 9.17) is 15.3 Å². The van der Waals surface area contributed by atoms with Gasteiger partial charge in [0.2, 0.25) is 0 Å². The van der Waals surface area contributed by atoms with Gasteiger partial charge in [-0.1, -0.05) is 6.92 Å². The van der Waals surface area contributed by atoms with E-state index in [-0.39, 0.29) is 0 Å². The topological polar surface area (TPSA) is 56.8 Å². The van der Waals surface area contributed by atoms with Crippen LogP contribution in [-0.4, -0.2) is 19.9 Å². The summed E-state index contributed by atoms with van der Waals surface area (Å²) < 4.78 is 10.7. The number of hydrogen-bond donors (Lipinski definition) is 1. The van der Waals surface area contributed by atoms with Gasteiger partial charge < -0.3 is 15.3 Å². The molecule has 0 radical (unpaired) electrons. The summed E-state index contributed by atoms with van der Waals surface area (Å²) in [6, 6.07) is 5.57. The summed E-state index contributed by atoms with van der Waals surface area (Å²) in [4.78, 5) is 0. The lowest BCUT2D eigenvalue weighted by atomic mass is 10.2. The van der Waals surface area contributed by atoms with Gasteiger partial charge in [-0.2, -0.15) is 5.10 Å². The molecule has 15 heavy (non-hydrogen) atoms. The Hall–Kier alpha value is -1.71. The lowest BCUT2D eigenvalue weighted by Gasteiger charge is -2.10. The number of nitrogens with two attached hydrogens (primary N) is 1. The Morgan fingerprint density at radius 3 is 2.80 bits per heavy atom. The number of ether oxygens (including phenoxy) is 2. The van der Waals surface area contributed by atoms with Gasteiger partial charge in [0, 0.05) is 0 Å². The summed E-state index contributed by atoms with van der Waals surface area (Å²) in [6.45, 7) is 2.74. The Kier molecular flexibility index (Phi) is 4.47. The quantitative estimate of drug-likeness (QED) is 0.456. The van der Waals surface area contributed by atoms with Gasteiger partial charge in [-0.05, 0) is 30.2 Å². The van der Waals surface area contributed by atoms with Crippen molar-refractivity contribution in [2.45, 2.75) is 13.3 Å². The number of nitrogens with zero attached hydrogens (tertiary/aromatic N) is 1. The van der Waals surface area contributed by atoms with Crippen LogP contribution in [0.3, 0.4) is 0 Å². The smallest absolute Gasteiger partial charge is 0.161 e. The minimum absolute atomic E-state index is 0.681. The molecule has 0 aliphatic carbocycles. The standard InChI is InChI=1S/C11H16N2O2/c1-3-6-15-10-5-4-9(8-13-12)7-11(10)14-2/h4-5,7-8H,3,6,12H2,1-2H3/b13-8-. The number of rotatable bonds is 5. The minimum Gasteiger partial charge on any atom is -0.493 e. The first-order valence-electron chi connectivity index (χ1n) is 4.86. The molecule has 4 nitrogen and oxygen atoms in total. The third-order valence-corrected chi connectivity index (χ3v) is 1.87. The third kappa shape index (κ3) is 3.16. The molecule has 0 aromatic heterocycles. The summed E-state index contributed by atoms with van der Waals surface area (Å²) in [6.07, 6.45) is 2.53. The van der Waals surface area contributed by atoms with Crippen molar-refractivity contribution >= 4 is 6.21 Å². The molecule has 1 aromatic carbocycles. The highest BCUT2D eigenvalue weighted by molar-refractivity contribution is 5.80. The van der Waals surface area contributed by atoms with Crippen LogP contribution < -0.4 is 15.3 Å². The van der Waals surface area contributed by atoms with Gasteiger partial charge in [0.25, 0.3) is 0 Å². The summed E-state index contributed by atoms with van der Waals surface area (Å²) in [7, 11) is 1.61. The molecule has 0 atom stereocenters. The summed E-state index contributed by atoms with van der Waals surface area (Å²) in [5.74, 6) is 6.51. The van der Waals surface area contributed by atoms with Crippen LogP contribution in [-0.2, 0) is 0 Å². The molecule has 0 amide bonds. The van der Waals surface area contributed by atoms with Crippen LogP contribution in [0.15, 0.2) is 23.3 Å². The monoisotopic (exact) mass is 208 g/mol. The Bertz CT molecular complexity index is 337. The number of benzene rings is 1. The van der Waals surface area contributed by atoms with Crippen molar-refractivity contribution in [3.05, 3.63) is 23.8 Å². The zero-order valence-electron chi connectivity index (χ0n) is 9.06. The maximum Gasteiger partial charge on any atom is 0.161 e. The molecule has 0 spiro atoms. The molecule has 0 aliphatic heterocycles. The van der Waals surface area contributed by atoms with Crippen LogP contribution in [0.4, 0.5) is 0 Å². The van der Waals surface area contributed by atoms with Crippen molar-refractivity contribution in [3.8, 4) is 11.5 Å². The van der Waals surface area contributed by atoms with E-state index in [9.17, 15) is 0 Å². The Morgan fingerprint density at radius 1 is 1.40 bits per heavy atom. The SMILES string of the molecule is CCCOc1ccc(/C=N\N)cc1OC. The van der Waals surface area contributed by atoms with Crippen molar-refractivity contribution < 1.29 is 9.47 Å². The van der Waals surface area contributed by atoms with Crippen LogP contribution in [0.1, 0.15) is 18.9 Å². The van der Waals surface area contributed by atoms with Crippen molar-refractivity contribution in [1.82, 2.24) is 0 Å². The van der Waals surface area contributed by atoms with Crippen LogP contribution in [0.25, 0.3) is 0 Å². The van der Waals surface area contributed by atoms with Crippen LogP contribution >= 0.6 is 0 Å². The van der Waals surface area contributed by atoms with Gasteiger partial charge in [0.15, 0.2) is 11.5 Å². The Balaban J connectivity index is 2.88. The predicted octanol–water partition coefficient (Wildman–Crippen LogP) is 1.78. The van der Waals surface area contributed by atoms with Gasteiger partial charge >= 0.3 is 0 Å². The van der Waals surface area contributed by atoms with Crippen LogP contribution in [0.2, 0.25) is 0 Å². The fourth-order valence-electron chi connectivity index (χ4n) is 1.18.